The first-order valence-electron chi connectivity index (χ1n) is 8.98. The summed E-state index contributed by atoms with van der Waals surface area (Å²) in [5.74, 6) is 0.284. The van der Waals surface area contributed by atoms with Gasteiger partial charge in [0.15, 0.2) is 5.82 Å². The molecule has 28 heavy (non-hydrogen) atoms. The Hall–Kier alpha value is -2.41. The maximum absolute atomic E-state index is 12.6. The molecule has 6 nitrogen and oxygen atoms in total. The molecule has 2 N–H and O–H groups in total. The lowest BCUT2D eigenvalue weighted by molar-refractivity contribution is 0.584. The van der Waals surface area contributed by atoms with Crippen LogP contribution in [0.15, 0.2) is 59.7 Å². The fourth-order valence-corrected chi connectivity index (χ4v) is 3.12. The van der Waals surface area contributed by atoms with Crippen molar-refractivity contribution in [3.63, 3.8) is 0 Å². The summed E-state index contributed by atoms with van der Waals surface area (Å²) in [6.45, 7) is 2.18. The van der Waals surface area contributed by atoms with E-state index in [0.717, 1.165) is 11.3 Å². The molecule has 0 bridgehead atoms. The van der Waals surface area contributed by atoms with Gasteiger partial charge in [-0.3, -0.25) is 14.3 Å². The standard InChI is InChI=1S/C20H21Cl2N5O/c21-17-7-2-1-5-15(17)13-23-11-12-27-18(22)14-26-19(20(27)28)25-10-8-16-6-3-4-9-24-16/h1-7,9,14,23H,8,10-13H2,(H,25,26). The Kier molecular flexibility index (Phi) is 7.42. The lowest BCUT2D eigenvalue weighted by Gasteiger charge is -2.12. The number of anilines is 1. The van der Waals surface area contributed by atoms with Crippen molar-refractivity contribution in [3.8, 4) is 0 Å². The minimum atomic E-state index is -0.243. The maximum atomic E-state index is 12.6. The number of nitrogens with one attached hydrogen (secondary N) is 2. The number of halogens is 2. The van der Waals surface area contributed by atoms with E-state index >= 15 is 0 Å². The van der Waals surface area contributed by atoms with Gasteiger partial charge in [-0.2, -0.15) is 0 Å². The quantitative estimate of drug-likeness (QED) is 0.522. The Morgan fingerprint density at radius 1 is 1.00 bits per heavy atom. The maximum Gasteiger partial charge on any atom is 0.294 e. The molecule has 1 aromatic carbocycles. The first-order valence-corrected chi connectivity index (χ1v) is 9.74. The molecule has 0 saturated heterocycles. The van der Waals surface area contributed by atoms with Crippen LogP contribution >= 0.6 is 23.2 Å². The molecule has 0 fully saturated rings. The van der Waals surface area contributed by atoms with Crippen LogP contribution in [0.25, 0.3) is 0 Å². The van der Waals surface area contributed by atoms with Crippen molar-refractivity contribution < 1.29 is 0 Å². The molecular formula is C20H21Cl2N5O. The van der Waals surface area contributed by atoms with Crippen molar-refractivity contribution >= 4 is 29.0 Å². The second-order valence-electron chi connectivity index (χ2n) is 6.15. The van der Waals surface area contributed by atoms with E-state index in [1.54, 1.807) is 6.20 Å². The van der Waals surface area contributed by atoms with Crippen LogP contribution in [0.3, 0.4) is 0 Å². The molecule has 3 rings (SSSR count). The summed E-state index contributed by atoms with van der Waals surface area (Å²) in [6.07, 6.45) is 3.93. The highest BCUT2D eigenvalue weighted by atomic mass is 35.5. The summed E-state index contributed by atoms with van der Waals surface area (Å²) in [5, 5.41) is 7.37. The molecule has 0 spiro atoms. The zero-order valence-corrected chi connectivity index (χ0v) is 16.7. The van der Waals surface area contributed by atoms with Gasteiger partial charge in [0, 0.05) is 49.5 Å². The smallest absolute Gasteiger partial charge is 0.294 e. The second kappa shape index (κ2) is 10.2. The van der Waals surface area contributed by atoms with Crippen molar-refractivity contribution in [3.05, 3.63) is 86.6 Å². The molecule has 0 radical (unpaired) electrons. The van der Waals surface area contributed by atoms with Gasteiger partial charge in [-0.05, 0) is 23.8 Å². The number of pyridine rings is 1. The Morgan fingerprint density at radius 2 is 1.82 bits per heavy atom. The van der Waals surface area contributed by atoms with Gasteiger partial charge in [0.2, 0.25) is 0 Å². The third kappa shape index (κ3) is 5.55. The molecule has 8 heteroatoms. The Labute approximate surface area is 173 Å². The highest BCUT2D eigenvalue weighted by Gasteiger charge is 2.09. The van der Waals surface area contributed by atoms with Crippen molar-refractivity contribution in [2.45, 2.75) is 19.5 Å². The fourth-order valence-electron chi connectivity index (χ4n) is 2.71. The number of nitrogens with zero attached hydrogens (tertiary/aromatic N) is 3. The van der Waals surface area contributed by atoms with E-state index in [2.05, 4.69) is 20.6 Å². The van der Waals surface area contributed by atoms with Crippen LogP contribution in [-0.4, -0.2) is 27.6 Å². The van der Waals surface area contributed by atoms with Crippen LogP contribution in [0.4, 0.5) is 5.82 Å². The predicted octanol–water partition coefficient (Wildman–Crippen LogP) is 3.39. The fraction of sp³-hybridized carbons (Fsp3) is 0.250. The lowest BCUT2D eigenvalue weighted by Crippen LogP contribution is -2.30. The normalized spacial score (nSPS) is 10.8. The van der Waals surface area contributed by atoms with Crippen LogP contribution < -0.4 is 16.2 Å². The summed E-state index contributed by atoms with van der Waals surface area (Å²) >= 11 is 12.3. The van der Waals surface area contributed by atoms with Gasteiger partial charge in [0.1, 0.15) is 5.15 Å². The number of benzene rings is 1. The summed E-state index contributed by atoms with van der Waals surface area (Å²) in [4.78, 5) is 21.0. The molecule has 0 amide bonds. The molecule has 2 heterocycles. The van der Waals surface area contributed by atoms with E-state index in [-0.39, 0.29) is 11.4 Å². The zero-order chi connectivity index (χ0) is 19.8. The van der Waals surface area contributed by atoms with E-state index in [1.807, 2.05) is 42.5 Å². The molecule has 0 aliphatic rings. The monoisotopic (exact) mass is 417 g/mol. The van der Waals surface area contributed by atoms with Crippen LogP contribution in [0.2, 0.25) is 10.2 Å². The average molecular weight is 418 g/mol. The molecule has 0 unspecified atom stereocenters. The topological polar surface area (TPSA) is 71.8 Å². The highest BCUT2D eigenvalue weighted by molar-refractivity contribution is 6.31. The second-order valence-corrected chi connectivity index (χ2v) is 6.95. The molecule has 146 valence electrons. The minimum absolute atomic E-state index is 0.243. The van der Waals surface area contributed by atoms with Gasteiger partial charge >= 0.3 is 0 Å². The van der Waals surface area contributed by atoms with Crippen molar-refractivity contribution in [1.29, 1.82) is 0 Å². The van der Waals surface area contributed by atoms with E-state index in [1.165, 1.54) is 10.8 Å². The summed E-state index contributed by atoms with van der Waals surface area (Å²) in [6, 6.07) is 13.4. The third-order valence-corrected chi connectivity index (χ3v) is 4.86. The van der Waals surface area contributed by atoms with Crippen LogP contribution in [0.1, 0.15) is 11.3 Å². The first-order chi connectivity index (χ1) is 13.6. The van der Waals surface area contributed by atoms with Crippen molar-refractivity contribution in [2.75, 3.05) is 18.4 Å². The molecule has 0 atom stereocenters. The Morgan fingerprint density at radius 3 is 2.61 bits per heavy atom. The number of hydrogen-bond donors (Lipinski definition) is 2. The van der Waals surface area contributed by atoms with Crippen molar-refractivity contribution in [2.24, 2.45) is 0 Å². The lowest BCUT2D eigenvalue weighted by atomic mass is 10.2. The average Bonchev–Trinajstić information content (AvgIpc) is 2.71. The molecule has 0 saturated carbocycles. The van der Waals surface area contributed by atoms with E-state index in [9.17, 15) is 4.79 Å². The minimum Gasteiger partial charge on any atom is -0.365 e. The van der Waals surface area contributed by atoms with Crippen LogP contribution in [-0.2, 0) is 19.5 Å². The molecule has 0 aliphatic carbocycles. The van der Waals surface area contributed by atoms with E-state index in [0.29, 0.717) is 42.8 Å². The first kappa shape index (κ1) is 20.3. The number of rotatable bonds is 9. The molecule has 3 aromatic rings. The van der Waals surface area contributed by atoms with E-state index < -0.39 is 0 Å². The highest BCUT2D eigenvalue weighted by Crippen LogP contribution is 2.14. The number of aromatic nitrogens is 3. The van der Waals surface area contributed by atoms with E-state index in [4.69, 9.17) is 23.2 Å². The number of hydrogen-bond acceptors (Lipinski definition) is 5. The van der Waals surface area contributed by atoms with Gasteiger partial charge in [-0.25, -0.2) is 4.98 Å². The summed E-state index contributed by atoms with van der Waals surface area (Å²) < 4.78 is 1.50. The zero-order valence-electron chi connectivity index (χ0n) is 15.2. The van der Waals surface area contributed by atoms with Gasteiger partial charge in [0.25, 0.3) is 5.56 Å². The van der Waals surface area contributed by atoms with Crippen LogP contribution in [0, 0.1) is 0 Å². The summed E-state index contributed by atoms with van der Waals surface area (Å²) in [5.41, 5.74) is 1.72. The van der Waals surface area contributed by atoms with Crippen LogP contribution in [0.5, 0.6) is 0 Å². The van der Waals surface area contributed by atoms with Gasteiger partial charge in [-0.1, -0.05) is 47.5 Å². The molecular weight excluding hydrogens is 397 g/mol. The molecule has 0 aliphatic heterocycles. The molecule has 2 aromatic heterocycles. The Bertz CT molecular complexity index is 962. The van der Waals surface area contributed by atoms with Gasteiger partial charge in [0.05, 0.1) is 6.20 Å². The third-order valence-electron chi connectivity index (χ3n) is 4.19. The van der Waals surface area contributed by atoms with Gasteiger partial charge in [-0.15, -0.1) is 0 Å². The van der Waals surface area contributed by atoms with Gasteiger partial charge < -0.3 is 10.6 Å². The Balaban J connectivity index is 1.55. The summed E-state index contributed by atoms with van der Waals surface area (Å²) in [7, 11) is 0. The van der Waals surface area contributed by atoms with Crippen molar-refractivity contribution in [1.82, 2.24) is 19.9 Å². The predicted molar refractivity (Wildman–Crippen MR) is 113 cm³/mol. The SMILES string of the molecule is O=c1c(NCCc2ccccn2)ncc(Cl)n1CCNCc1ccccc1Cl. The largest absolute Gasteiger partial charge is 0.365 e.